The third kappa shape index (κ3) is 1.70. The van der Waals surface area contributed by atoms with Crippen LogP contribution in [0.15, 0.2) is 24.3 Å². The molecule has 0 saturated heterocycles. The topological polar surface area (TPSA) is 55.4 Å². The largest absolute Gasteiger partial charge is 0.480 e. The number of carbonyl (C=O) groups is 2. The highest BCUT2D eigenvalue weighted by Crippen LogP contribution is 2.22. The lowest BCUT2D eigenvalue weighted by molar-refractivity contribution is -0.126. The van der Waals surface area contributed by atoms with Crippen molar-refractivity contribution < 1.29 is 14.3 Å². The fraction of sp³-hybridized carbons (Fsp3) is 0.273. The van der Waals surface area contributed by atoms with Crippen LogP contribution in [0.4, 0.5) is 0 Å². The molecule has 0 aliphatic carbocycles. The summed E-state index contributed by atoms with van der Waals surface area (Å²) in [7, 11) is 0. The minimum Gasteiger partial charge on any atom is -0.480 e. The number of para-hydroxylation sites is 1. The van der Waals surface area contributed by atoms with Crippen LogP contribution in [0.25, 0.3) is 0 Å². The fourth-order valence-electron chi connectivity index (χ4n) is 1.49. The molecule has 0 aromatic heterocycles. The Labute approximate surface area is 87.2 Å². The van der Waals surface area contributed by atoms with Gasteiger partial charge in [-0.1, -0.05) is 19.1 Å². The summed E-state index contributed by atoms with van der Waals surface area (Å²) in [6.07, 6.45) is -0.0504. The number of nitrogens with one attached hydrogen (secondary N) is 1. The van der Waals surface area contributed by atoms with Gasteiger partial charge in [-0.25, -0.2) is 0 Å². The molecule has 4 heteroatoms. The summed E-state index contributed by atoms with van der Waals surface area (Å²) in [5.74, 6) is -0.307. The molecule has 0 fully saturated rings. The van der Waals surface area contributed by atoms with Crippen molar-refractivity contribution >= 4 is 11.8 Å². The minimum atomic E-state index is -0.586. The average Bonchev–Trinajstić information content (AvgIpc) is 2.36. The lowest BCUT2D eigenvalue weighted by atomic mass is 10.2. The Morgan fingerprint density at radius 1 is 1.33 bits per heavy atom. The Bertz CT molecular complexity index is 414. The summed E-state index contributed by atoms with van der Waals surface area (Å²) in [4.78, 5) is 23.0. The molecule has 0 saturated carbocycles. The summed E-state index contributed by atoms with van der Waals surface area (Å²) in [6, 6.07) is 6.83. The summed E-state index contributed by atoms with van der Waals surface area (Å²) in [5.41, 5.74) is 0.404. The molecular formula is C11H11NO3. The third-order valence-corrected chi connectivity index (χ3v) is 2.30. The molecule has 2 rings (SSSR count). The van der Waals surface area contributed by atoms with Crippen molar-refractivity contribution in [2.45, 2.75) is 19.4 Å². The minimum absolute atomic E-state index is 0.376. The maximum absolute atomic E-state index is 11.6. The van der Waals surface area contributed by atoms with Crippen LogP contribution in [0, 0.1) is 0 Å². The van der Waals surface area contributed by atoms with Crippen molar-refractivity contribution in [2.75, 3.05) is 0 Å². The molecule has 0 bridgehead atoms. The van der Waals surface area contributed by atoms with Gasteiger partial charge in [0.2, 0.25) is 0 Å². The summed E-state index contributed by atoms with van der Waals surface area (Å²) in [6.45, 7) is 1.84. The van der Waals surface area contributed by atoms with E-state index < -0.39 is 12.0 Å². The van der Waals surface area contributed by atoms with Crippen molar-refractivity contribution in [1.29, 1.82) is 0 Å². The summed E-state index contributed by atoms with van der Waals surface area (Å²) < 4.78 is 5.46. The van der Waals surface area contributed by atoms with Gasteiger partial charge in [0.05, 0.1) is 5.56 Å². The number of benzene rings is 1. The first kappa shape index (κ1) is 9.71. The number of fused-ring (bicyclic) bond motifs is 1. The molecule has 4 nitrogen and oxygen atoms in total. The van der Waals surface area contributed by atoms with Crippen LogP contribution in [0.1, 0.15) is 23.7 Å². The molecule has 0 radical (unpaired) electrons. The normalized spacial score (nSPS) is 19.9. The number of hydrogen-bond acceptors (Lipinski definition) is 3. The fourth-order valence-corrected chi connectivity index (χ4v) is 1.49. The van der Waals surface area contributed by atoms with Crippen molar-refractivity contribution in [3.8, 4) is 5.75 Å². The lowest BCUT2D eigenvalue weighted by Gasteiger charge is -2.12. The molecule has 1 aromatic carbocycles. The van der Waals surface area contributed by atoms with Gasteiger partial charge in [0.15, 0.2) is 6.10 Å². The second-order valence-electron chi connectivity index (χ2n) is 3.33. The summed E-state index contributed by atoms with van der Waals surface area (Å²) in [5, 5.41) is 2.30. The first-order chi connectivity index (χ1) is 7.22. The van der Waals surface area contributed by atoms with Crippen molar-refractivity contribution in [3.05, 3.63) is 29.8 Å². The van der Waals surface area contributed by atoms with Gasteiger partial charge in [-0.05, 0) is 18.6 Å². The Balaban J connectivity index is 2.43. The monoisotopic (exact) mass is 205 g/mol. The van der Waals surface area contributed by atoms with E-state index in [4.69, 9.17) is 4.74 Å². The molecule has 0 spiro atoms. The van der Waals surface area contributed by atoms with E-state index in [2.05, 4.69) is 5.32 Å². The molecule has 1 atom stereocenters. The van der Waals surface area contributed by atoms with Crippen LogP contribution in [-0.2, 0) is 4.79 Å². The maximum Gasteiger partial charge on any atom is 0.267 e. The quantitative estimate of drug-likeness (QED) is 0.699. The highest BCUT2D eigenvalue weighted by Gasteiger charge is 2.27. The zero-order valence-electron chi connectivity index (χ0n) is 8.32. The molecule has 1 unspecified atom stereocenters. The molecule has 1 N–H and O–H groups in total. The SMILES string of the molecule is CCC1Oc2ccccc2C(=O)NC1=O. The van der Waals surface area contributed by atoms with E-state index in [0.717, 1.165) is 0 Å². The van der Waals surface area contributed by atoms with E-state index in [-0.39, 0.29) is 5.91 Å². The first-order valence-electron chi connectivity index (χ1n) is 4.83. The highest BCUT2D eigenvalue weighted by molar-refractivity contribution is 6.08. The van der Waals surface area contributed by atoms with Gasteiger partial charge in [0, 0.05) is 0 Å². The van der Waals surface area contributed by atoms with Crippen LogP contribution in [0.5, 0.6) is 5.75 Å². The van der Waals surface area contributed by atoms with Gasteiger partial charge in [0.1, 0.15) is 5.75 Å². The maximum atomic E-state index is 11.6. The molecule has 1 aliphatic heterocycles. The standard InChI is InChI=1S/C11H11NO3/c1-2-8-11(14)12-10(13)7-5-3-4-6-9(7)15-8/h3-6,8H,2H2,1H3,(H,12,13,14). The smallest absolute Gasteiger partial charge is 0.267 e. The molecule has 1 heterocycles. The van der Waals surface area contributed by atoms with Crippen LogP contribution in [-0.4, -0.2) is 17.9 Å². The van der Waals surface area contributed by atoms with Crippen LogP contribution < -0.4 is 10.1 Å². The van der Waals surface area contributed by atoms with Gasteiger partial charge in [-0.3, -0.25) is 14.9 Å². The van der Waals surface area contributed by atoms with Gasteiger partial charge in [-0.2, -0.15) is 0 Å². The van der Waals surface area contributed by atoms with E-state index >= 15 is 0 Å². The van der Waals surface area contributed by atoms with E-state index in [0.29, 0.717) is 17.7 Å². The Morgan fingerprint density at radius 3 is 2.80 bits per heavy atom. The Kier molecular flexibility index (Phi) is 2.41. The molecule has 1 aliphatic rings. The zero-order chi connectivity index (χ0) is 10.8. The van der Waals surface area contributed by atoms with E-state index in [1.54, 1.807) is 24.3 Å². The van der Waals surface area contributed by atoms with Crippen LogP contribution >= 0.6 is 0 Å². The number of hydrogen-bond donors (Lipinski definition) is 1. The van der Waals surface area contributed by atoms with E-state index in [1.807, 2.05) is 6.92 Å². The van der Waals surface area contributed by atoms with Gasteiger partial charge >= 0.3 is 0 Å². The van der Waals surface area contributed by atoms with Gasteiger partial charge in [0.25, 0.3) is 11.8 Å². The Morgan fingerprint density at radius 2 is 2.07 bits per heavy atom. The lowest BCUT2D eigenvalue weighted by Crippen LogP contribution is -2.38. The number of rotatable bonds is 1. The first-order valence-corrected chi connectivity index (χ1v) is 4.83. The molecule has 15 heavy (non-hydrogen) atoms. The number of carbonyl (C=O) groups excluding carboxylic acids is 2. The average molecular weight is 205 g/mol. The van der Waals surface area contributed by atoms with Gasteiger partial charge < -0.3 is 4.74 Å². The van der Waals surface area contributed by atoms with E-state index in [1.165, 1.54) is 0 Å². The highest BCUT2D eigenvalue weighted by atomic mass is 16.5. The molecule has 78 valence electrons. The Hall–Kier alpha value is -1.84. The molecule has 1 aromatic rings. The van der Waals surface area contributed by atoms with Gasteiger partial charge in [-0.15, -0.1) is 0 Å². The predicted molar refractivity (Wildman–Crippen MR) is 53.6 cm³/mol. The number of ether oxygens (including phenoxy) is 1. The van der Waals surface area contributed by atoms with Crippen molar-refractivity contribution in [1.82, 2.24) is 5.32 Å². The van der Waals surface area contributed by atoms with Crippen molar-refractivity contribution in [2.24, 2.45) is 0 Å². The van der Waals surface area contributed by atoms with Crippen LogP contribution in [0.2, 0.25) is 0 Å². The molecular weight excluding hydrogens is 194 g/mol. The second kappa shape index (κ2) is 3.73. The third-order valence-electron chi connectivity index (χ3n) is 2.30. The zero-order valence-corrected chi connectivity index (χ0v) is 8.32. The van der Waals surface area contributed by atoms with E-state index in [9.17, 15) is 9.59 Å². The summed E-state index contributed by atoms with van der Waals surface area (Å²) >= 11 is 0. The number of amides is 2. The van der Waals surface area contributed by atoms with Crippen molar-refractivity contribution in [3.63, 3.8) is 0 Å². The van der Waals surface area contributed by atoms with Crippen LogP contribution in [0.3, 0.4) is 0 Å². The predicted octanol–water partition coefficient (Wildman–Crippen LogP) is 1.11. The second-order valence-corrected chi connectivity index (χ2v) is 3.33. The number of imide groups is 1. The molecule has 2 amide bonds.